The molecule has 0 heterocycles. The lowest BCUT2D eigenvalue weighted by molar-refractivity contribution is 0.110. The standard InChI is InChI=1S/C23H32FN3O3/c1-5-29-10-11-30-22-12-17(2)6-8-19(22)15-27-23(25-3)26-14-18-7-9-21(24)20(13-18)16-28-4/h6-9,12-13H,5,10-11,14-16H2,1-4H3,(H2,25,26,27). The van der Waals surface area contributed by atoms with Gasteiger partial charge in [0.1, 0.15) is 18.2 Å². The monoisotopic (exact) mass is 417 g/mol. The second kappa shape index (κ2) is 12.8. The Hall–Kier alpha value is -2.64. The molecule has 2 aromatic carbocycles. The number of rotatable bonds is 11. The third-order valence-corrected chi connectivity index (χ3v) is 4.45. The molecule has 164 valence electrons. The van der Waals surface area contributed by atoms with E-state index in [0.717, 1.165) is 22.4 Å². The second-order valence-corrected chi connectivity index (χ2v) is 6.79. The van der Waals surface area contributed by atoms with Gasteiger partial charge in [0.15, 0.2) is 5.96 Å². The highest BCUT2D eigenvalue weighted by molar-refractivity contribution is 5.79. The van der Waals surface area contributed by atoms with Gasteiger partial charge in [0.25, 0.3) is 0 Å². The minimum atomic E-state index is -0.264. The van der Waals surface area contributed by atoms with Crippen molar-refractivity contribution in [3.05, 3.63) is 64.5 Å². The van der Waals surface area contributed by atoms with Gasteiger partial charge in [-0.1, -0.05) is 18.2 Å². The number of benzene rings is 2. The number of aryl methyl sites for hydroxylation is 1. The van der Waals surface area contributed by atoms with Gasteiger partial charge >= 0.3 is 0 Å². The fourth-order valence-corrected chi connectivity index (χ4v) is 2.89. The van der Waals surface area contributed by atoms with Crippen LogP contribution in [0.5, 0.6) is 5.75 Å². The molecule has 0 saturated carbocycles. The molecule has 0 amide bonds. The van der Waals surface area contributed by atoms with Crippen molar-refractivity contribution in [2.75, 3.05) is 34.0 Å². The van der Waals surface area contributed by atoms with Crippen molar-refractivity contribution < 1.29 is 18.6 Å². The predicted molar refractivity (Wildman–Crippen MR) is 117 cm³/mol. The lowest BCUT2D eigenvalue weighted by Gasteiger charge is -2.16. The Kier molecular flexibility index (Phi) is 10.1. The lowest BCUT2D eigenvalue weighted by atomic mass is 10.1. The largest absolute Gasteiger partial charge is 0.491 e. The van der Waals surface area contributed by atoms with E-state index in [1.807, 2.05) is 26.0 Å². The number of guanidine groups is 1. The summed E-state index contributed by atoms with van der Waals surface area (Å²) >= 11 is 0. The van der Waals surface area contributed by atoms with Gasteiger partial charge in [0.05, 0.1) is 13.2 Å². The third kappa shape index (κ3) is 7.65. The van der Waals surface area contributed by atoms with E-state index in [9.17, 15) is 4.39 Å². The van der Waals surface area contributed by atoms with E-state index >= 15 is 0 Å². The first kappa shape index (κ1) is 23.6. The summed E-state index contributed by atoms with van der Waals surface area (Å²) in [5.74, 6) is 1.22. The molecule has 0 unspecified atom stereocenters. The SMILES string of the molecule is CCOCCOc1cc(C)ccc1CNC(=NC)NCc1ccc(F)c(COC)c1. The van der Waals surface area contributed by atoms with Crippen LogP contribution in [-0.2, 0) is 29.2 Å². The number of methoxy groups -OCH3 is 1. The molecule has 0 aliphatic rings. The molecule has 6 nitrogen and oxygen atoms in total. The molecule has 30 heavy (non-hydrogen) atoms. The Morgan fingerprint density at radius 2 is 1.83 bits per heavy atom. The Morgan fingerprint density at radius 1 is 1.03 bits per heavy atom. The molecule has 0 radical (unpaired) electrons. The molecule has 0 bridgehead atoms. The highest BCUT2D eigenvalue weighted by Gasteiger charge is 2.07. The summed E-state index contributed by atoms with van der Waals surface area (Å²) in [5, 5.41) is 6.55. The van der Waals surface area contributed by atoms with Crippen LogP contribution < -0.4 is 15.4 Å². The molecule has 2 aromatic rings. The first-order valence-electron chi connectivity index (χ1n) is 10.1. The van der Waals surface area contributed by atoms with E-state index in [2.05, 4.69) is 21.7 Å². The van der Waals surface area contributed by atoms with Gasteiger partial charge in [-0.3, -0.25) is 4.99 Å². The van der Waals surface area contributed by atoms with Crippen molar-refractivity contribution in [2.24, 2.45) is 4.99 Å². The Balaban J connectivity index is 1.93. The lowest BCUT2D eigenvalue weighted by Crippen LogP contribution is -2.36. The summed E-state index contributed by atoms with van der Waals surface area (Å²) in [4.78, 5) is 4.26. The third-order valence-electron chi connectivity index (χ3n) is 4.45. The molecule has 7 heteroatoms. The van der Waals surface area contributed by atoms with Crippen LogP contribution in [0.4, 0.5) is 4.39 Å². The van der Waals surface area contributed by atoms with Crippen molar-refractivity contribution in [1.82, 2.24) is 10.6 Å². The molecule has 2 rings (SSSR count). The van der Waals surface area contributed by atoms with Crippen molar-refractivity contribution in [3.63, 3.8) is 0 Å². The van der Waals surface area contributed by atoms with Crippen LogP contribution in [0.3, 0.4) is 0 Å². The summed E-state index contributed by atoms with van der Waals surface area (Å²) in [5.41, 5.74) is 3.65. The van der Waals surface area contributed by atoms with E-state index in [0.29, 0.717) is 44.4 Å². The number of hydrogen-bond donors (Lipinski definition) is 2. The first-order chi connectivity index (χ1) is 14.6. The maximum absolute atomic E-state index is 13.8. The molecule has 0 spiro atoms. The number of halogens is 1. The average Bonchev–Trinajstić information content (AvgIpc) is 2.74. The van der Waals surface area contributed by atoms with Gasteiger partial charge < -0.3 is 24.8 Å². The van der Waals surface area contributed by atoms with Crippen LogP contribution in [0.1, 0.15) is 29.2 Å². The van der Waals surface area contributed by atoms with Crippen LogP contribution in [0, 0.1) is 12.7 Å². The topological polar surface area (TPSA) is 64.1 Å². The summed E-state index contributed by atoms with van der Waals surface area (Å²) in [6.45, 7) is 7.05. The van der Waals surface area contributed by atoms with Crippen molar-refractivity contribution in [1.29, 1.82) is 0 Å². The van der Waals surface area contributed by atoms with Crippen LogP contribution in [-0.4, -0.2) is 39.9 Å². The fraction of sp³-hybridized carbons (Fsp3) is 0.435. The van der Waals surface area contributed by atoms with Crippen LogP contribution >= 0.6 is 0 Å². The van der Waals surface area contributed by atoms with Crippen LogP contribution in [0.2, 0.25) is 0 Å². The normalized spacial score (nSPS) is 11.4. The molecule has 0 atom stereocenters. The zero-order valence-electron chi connectivity index (χ0n) is 18.3. The van der Waals surface area contributed by atoms with Crippen molar-refractivity contribution >= 4 is 5.96 Å². The van der Waals surface area contributed by atoms with Crippen molar-refractivity contribution in [2.45, 2.75) is 33.5 Å². The van der Waals surface area contributed by atoms with Gasteiger partial charge in [0, 0.05) is 45.0 Å². The van der Waals surface area contributed by atoms with Crippen LogP contribution in [0.15, 0.2) is 41.4 Å². The number of nitrogens with zero attached hydrogens (tertiary/aromatic N) is 1. The molecule has 2 N–H and O–H groups in total. The quantitative estimate of drug-likeness (QED) is 0.333. The minimum Gasteiger partial charge on any atom is -0.491 e. The molecule has 0 aromatic heterocycles. The second-order valence-electron chi connectivity index (χ2n) is 6.79. The Morgan fingerprint density at radius 3 is 2.57 bits per heavy atom. The molecule has 0 fully saturated rings. The van der Waals surface area contributed by atoms with Gasteiger partial charge in [-0.05, 0) is 43.2 Å². The van der Waals surface area contributed by atoms with Gasteiger partial charge in [0.2, 0.25) is 0 Å². The highest BCUT2D eigenvalue weighted by Crippen LogP contribution is 2.20. The summed E-state index contributed by atoms with van der Waals surface area (Å²) < 4.78 is 30.0. The van der Waals surface area contributed by atoms with E-state index < -0.39 is 0 Å². The maximum atomic E-state index is 13.8. The van der Waals surface area contributed by atoms with Crippen LogP contribution in [0.25, 0.3) is 0 Å². The number of nitrogens with one attached hydrogen (secondary N) is 2. The number of hydrogen-bond acceptors (Lipinski definition) is 4. The first-order valence-corrected chi connectivity index (χ1v) is 10.1. The molecule has 0 aliphatic carbocycles. The summed E-state index contributed by atoms with van der Waals surface area (Å²) in [7, 11) is 3.26. The van der Waals surface area contributed by atoms with E-state index in [1.54, 1.807) is 26.3 Å². The average molecular weight is 418 g/mol. The minimum absolute atomic E-state index is 0.242. The van der Waals surface area contributed by atoms with E-state index in [-0.39, 0.29) is 12.4 Å². The summed E-state index contributed by atoms with van der Waals surface area (Å²) in [6, 6.07) is 11.1. The van der Waals surface area contributed by atoms with Gasteiger partial charge in [-0.2, -0.15) is 0 Å². The molecule has 0 saturated heterocycles. The zero-order valence-corrected chi connectivity index (χ0v) is 18.3. The fourth-order valence-electron chi connectivity index (χ4n) is 2.89. The zero-order chi connectivity index (χ0) is 21.8. The van der Waals surface area contributed by atoms with Gasteiger partial charge in [-0.25, -0.2) is 4.39 Å². The Labute approximate surface area is 178 Å². The smallest absolute Gasteiger partial charge is 0.191 e. The van der Waals surface area contributed by atoms with Gasteiger partial charge in [-0.15, -0.1) is 0 Å². The molecular weight excluding hydrogens is 385 g/mol. The molecular formula is C23H32FN3O3. The molecule has 0 aliphatic heterocycles. The number of ether oxygens (including phenoxy) is 3. The maximum Gasteiger partial charge on any atom is 0.191 e. The number of aliphatic imine (C=N–C) groups is 1. The van der Waals surface area contributed by atoms with E-state index in [1.165, 1.54) is 6.07 Å². The van der Waals surface area contributed by atoms with E-state index in [4.69, 9.17) is 14.2 Å². The highest BCUT2D eigenvalue weighted by atomic mass is 19.1. The van der Waals surface area contributed by atoms with Crippen molar-refractivity contribution in [3.8, 4) is 5.75 Å². The Bertz CT molecular complexity index is 827. The predicted octanol–water partition coefficient (Wildman–Crippen LogP) is 3.56. The summed E-state index contributed by atoms with van der Waals surface area (Å²) in [6.07, 6.45) is 0.